The van der Waals surface area contributed by atoms with Crippen LogP contribution in [0.5, 0.6) is 0 Å². The van der Waals surface area contributed by atoms with Crippen molar-refractivity contribution in [3.63, 3.8) is 0 Å². The molecule has 5 rings (SSSR count). The first-order chi connectivity index (χ1) is 13.3. The fourth-order valence-corrected chi connectivity index (χ4v) is 6.29. The molecule has 0 spiro atoms. The van der Waals surface area contributed by atoms with Gasteiger partial charge in [-0.25, -0.2) is 4.79 Å². The average molecular weight is 405 g/mol. The third-order valence-electron chi connectivity index (χ3n) is 7.04. The molecule has 0 saturated heterocycles. The van der Waals surface area contributed by atoms with Crippen LogP contribution in [0.2, 0.25) is 5.02 Å². The van der Waals surface area contributed by atoms with Crippen molar-refractivity contribution < 1.29 is 14.9 Å². The number of hydrogen-bond acceptors (Lipinski definition) is 2. The molecule has 1 aromatic rings. The Hall–Kier alpha value is -1.59. The van der Waals surface area contributed by atoms with Crippen LogP contribution >= 0.6 is 11.6 Å². The molecule has 4 N–H and O–H groups in total. The van der Waals surface area contributed by atoms with Crippen LogP contribution in [0.3, 0.4) is 0 Å². The smallest absolute Gasteiger partial charge is 0.322 e. The molecule has 5 nitrogen and oxygen atoms in total. The number of hydrogen-bond donors (Lipinski definition) is 3. The molecule has 28 heavy (non-hydrogen) atoms. The van der Waals surface area contributed by atoms with Crippen LogP contribution in [-0.2, 0) is 4.79 Å². The molecule has 0 aromatic heterocycles. The van der Waals surface area contributed by atoms with Crippen molar-refractivity contribution in [1.29, 1.82) is 0 Å². The van der Waals surface area contributed by atoms with E-state index in [1.807, 2.05) is 43.4 Å². The summed E-state index contributed by atoms with van der Waals surface area (Å²) in [6.45, 7) is 3.88. The number of halogens is 1. The largest absolute Gasteiger partial charge is 0.332 e. The van der Waals surface area contributed by atoms with E-state index >= 15 is 0 Å². The summed E-state index contributed by atoms with van der Waals surface area (Å²) in [4.78, 5) is 25.1. The number of nitrogens with one attached hydrogen (secondary N) is 2. The van der Waals surface area contributed by atoms with Gasteiger partial charge in [0, 0.05) is 16.1 Å². The fraction of sp³-hybridized carbons (Fsp3) is 0.636. The zero-order valence-corrected chi connectivity index (χ0v) is 17.5. The predicted octanol–water partition coefficient (Wildman–Crippen LogP) is 3.15. The van der Waals surface area contributed by atoms with Gasteiger partial charge in [0.25, 0.3) is 5.91 Å². The van der Waals surface area contributed by atoms with Gasteiger partial charge < -0.3 is 10.6 Å². The van der Waals surface area contributed by atoms with Crippen LogP contribution in [0, 0.1) is 17.8 Å². The van der Waals surface area contributed by atoms with E-state index in [0.717, 1.165) is 42.6 Å². The number of carbonyl (C=O) groups is 2. The van der Waals surface area contributed by atoms with E-state index < -0.39 is 0 Å². The topological polar surface area (TPSA) is 74.8 Å². The molecule has 0 unspecified atom stereocenters. The summed E-state index contributed by atoms with van der Waals surface area (Å²) < 4.78 is 0. The second kappa shape index (κ2) is 7.68. The zero-order chi connectivity index (χ0) is 19.9. The summed E-state index contributed by atoms with van der Waals surface area (Å²) in [5.74, 6) is 2.03. The summed E-state index contributed by atoms with van der Waals surface area (Å²) >= 11 is 5.94. The minimum absolute atomic E-state index is 0.0807. The summed E-state index contributed by atoms with van der Waals surface area (Å²) in [7, 11) is 0. The van der Waals surface area contributed by atoms with Gasteiger partial charge in [-0.2, -0.15) is 0 Å². The lowest BCUT2D eigenvalue weighted by Gasteiger charge is -2.56. The van der Waals surface area contributed by atoms with Crippen LogP contribution in [0.25, 0.3) is 0 Å². The molecule has 0 heterocycles. The second-order valence-electron chi connectivity index (χ2n) is 9.46. The third kappa shape index (κ3) is 4.20. The van der Waals surface area contributed by atoms with Crippen LogP contribution in [0.15, 0.2) is 24.3 Å². The van der Waals surface area contributed by atoms with Crippen molar-refractivity contribution in [2.45, 2.75) is 70.0 Å². The maximum atomic E-state index is 12.6. The summed E-state index contributed by atoms with van der Waals surface area (Å²) in [6, 6.07) is 7.06. The minimum Gasteiger partial charge on any atom is -0.332 e. The predicted molar refractivity (Wildman–Crippen MR) is 109 cm³/mol. The normalized spacial score (nSPS) is 32.6. The number of urea groups is 1. The van der Waals surface area contributed by atoms with Crippen molar-refractivity contribution in [2.24, 2.45) is 17.8 Å². The van der Waals surface area contributed by atoms with Gasteiger partial charge in [-0.3, -0.25) is 10.1 Å². The van der Waals surface area contributed by atoms with Crippen molar-refractivity contribution in [3.05, 3.63) is 34.9 Å². The van der Waals surface area contributed by atoms with E-state index in [0.29, 0.717) is 5.02 Å². The van der Waals surface area contributed by atoms with Gasteiger partial charge in [0.15, 0.2) is 6.04 Å². The zero-order valence-electron chi connectivity index (χ0n) is 16.7. The Morgan fingerprint density at radius 2 is 1.57 bits per heavy atom. The maximum absolute atomic E-state index is 12.6. The van der Waals surface area contributed by atoms with Crippen molar-refractivity contribution in [2.75, 3.05) is 0 Å². The average Bonchev–Trinajstić information content (AvgIpc) is 2.60. The molecular weight excluding hydrogens is 374 g/mol. The van der Waals surface area contributed by atoms with Crippen molar-refractivity contribution in [1.82, 2.24) is 10.6 Å². The third-order valence-corrected chi connectivity index (χ3v) is 7.29. The van der Waals surface area contributed by atoms with Gasteiger partial charge >= 0.3 is 6.03 Å². The number of benzene rings is 1. The van der Waals surface area contributed by atoms with E-state index in [1.165, 1.54) is 19.3 Å². The lowest BCUT2D eigenvalue weighted by Crippen LogP contribution is -2.92. The van der Waals surface area contributed by atoms with Gasteiger partial charge in [-0.15, -0.1) is 0 Å². The number of rotatable bonds is 5. The lowest BCUT2D eigenvalue weighted by molar-refractivity contribution is -0.710. The van der Waals surface area contributed by atoms with Crippen LogP contribution in [0.4, 0.5) is 4.79 Å². The summed E-state index contributed by atoms with van der Waals surface area (Å²) in [5.41, 5.74) is 1.02. The number of carbonyl (C=O) groups excluding carboxylic acids is 2. The molecule has 3 amide bonds. The first kappa shape index (κ1) is 19.7. The molecule has 6 heteroatoms. The van der Waals surface area contributed by atoms with Crippen molar-refractivity contribution in [3.8, 4) is 0 Å². The van der Waals surface area contributed by atoms with E-state index in [9.17, 15) is 9.59 Å². The highest BCUT2D eigenvalue weighted by molar-refractivity contribution is 6.30. The Kier molecular flexibility index (Phi) is 5.41. The highest BCUT2D eigenvalue weighted by Crippen LogP contribution is 2.55. The molecule has 4 aliphatic rings. The Bertz CT molecular complexity index is 713. The molecule has 1 aromatic carbocycles. The quantitative estimate of drug-likeness (QED) is 0.705. The number of amides is 3. The van der Waals surface area contributed by atoms with Gasteiger partial charge in [0.05, 0.1) is 0 Å². The first-order valence-electron chi connectivity index (χ1n) is 10.6. The molecule has 4 saturated carbocycles. The SMILES string of the molecule is C[C@H]([NH2+][C@H](C)C(=O)NC(=O)NC12CC3CC(CC(C3)C1)C2)c1ccc(Cl)cc1. The number of imide groups is 1. The second-order valence-corrected chi connectivity index (χ2v) is 9.90. The number of nitrogens with two attached hydrogens (primary N) is 1. The highest BCUT2D eigenvalue weighted by Gasteiger charge is 2.51. The van der Waals surface area contributed by atoms with Crippen LogP contribution in [-0.4, -0.2) is 23.5 Å². The van der Waals surface area contributed by atoms with Crippen LogP contribution in [0.1, 0.15) is 64.0 Å². The molecule has 152 valence electrons. The van der Waals surface area contributed by atoms with E-state index in [4.69, 9.17) is 11.6 Å². The molecule has 0 aliphatic heterocycles. The molecule has 4 bridgehead atoms. The molecule has 4 fully saturated rings. The molecular formula is C22H31ClN3O2+. The Labute approximate surface area is 172 Å². The van der Waals surface area contributed by atoms with E-state index in [1.54, 1.807) is 0 Å². The standard InChI is InChI=1S/C22H30ClN3O2/c1-13(18-3-5-19(23)6-4-18)24-14(2)20(27)25-21(28)26-22-10-15-7-16(11-22)9-17(8-15)12-22/h3-6,13-17,24H,7-12H2,1-2H3,(H2,25,26,27,28)/p+1/t13-,14+,15?,16?,17?,22?/m0/s1. The summed E-state index contributed by atoms with van der Waals surface area (Å²) in [6.07, 6.45) is 7.23. The molecule has 0 radical (unpaired) electrons. The first-order valence-corrected chi connectivity index (χ1v) is 10.9. The molecule has 2 atom stereocenters. The van der Waals surface area contributed by atoms with Gasteiger partial charge in [0.1, 0.15) is 6.04 Å². The lowest BCUT2D eigenvalue weighted by atomic mass is 9.53. The van der Waals surface area contributed by atoms with Crippen LogP contribution < -0.4 is 16.0 Å². The van der Waals surface area contributed by atoms with Crippen molar-refractivity contribution >= 4 is 23.5 Å². The van der Waals surface area contributed by atoms with Gasteiger partial charge in [-0.1, -0.05) is 23.7 Å². The minimum atomic E-state index is -0.354. The number of quaternary nitrogens is 1. The molecule has 4 aliphatic carbocycles. The highest BCUT2D eigenvalue weighted by atomic mass is 35.5. The Morgan fingerprint density at radius 1 is 1.04 bits per heavy atom. The maximum Gasteiger partial charge on any atom is 0.322 e. The van der Waals surface area contributed by atoms with E-state index in [2.05, 4.69) is 10.6 Å². The Morgan fingerprint density at radius 3 is 2.11 bits per heavy atom. The van der Waals surface area contributed by atoms with Gasteiger partial charge in [0.2, 0.25) is 0 Å². The monoisotopic (exact) mass is 404 g/mol. The summed E-state index contributed by atoms with van der Waals surface area (Å²) in [5, 5.41) is 8.45. The fourth-order valence-electron chi connectivity index (χ4n) is 6.16. The van der Waals surface area contributed by atoms with E-state index in [-0.39, 0.29) is 29.6 Å². The van der Waals surface area contributed by atoms with Gasteiger partial charge in [-0.05, 0) is 82.3 Å². The Balaban J connectivity index is 1.29.